The minimum atomic E-state index is -0.447. The van der Waals surface area contributed by atoms with Crippen molar-refractivity contribution in [3.63, 3.8) is 0 Å². The molecule has 1 aliphatic rings. The molecule has 1 saturated heterocycles. The molecular weight excluding hydrogens is 180 g/mol. The molecule has 72 valence electrons. The van der Waals surface area contributed by atoms with Crippen molar-refractivity contribution in [2.24, 2.45) is 4.99 Å². The van der Waals surface area contributed by atoms with Crippen molar-refractivity contribution in [3.05, 3.63) is 30.3 Å². The molecule has 0 saturated carbocycles. The van der Waals surface area contributed by atoms with Crippen molar-refractivity contribution in [1.29, 1.82) is 0 Å². The third kappa shape index (κ3) is 1.74. The van der Waals surface area contributed by atoms with Crippen LogP contribution in [0.2, 0.25) is 0 Å². The molecule has 4 nitrogen and oxygen atoms in total. The van der Waals surface area contributed by atoms with Gasteiger partial charge >= 0.3 is 0 Å². The molecule has 1 aliphatic heterocycles. The summed E-state index contributed by atoms with van der Waals surface area (Å²) in [5.74, 6) is -0.153. The Morgan fingerprint density at radius 2 is 2.07 bits per heavy atom. The van der Waals surface area contributed by atoms with Gasteiger partial charge < -0.3 is 4.74 Å². The van der Waals surface area contributed by atoms with E-state index in [1.807, 2.05) is 30.3 Å². The van der Waals surface area contributed by atoms with E-state index in [9.17, 15) is 4.79 Å². The van der Waals surface area contributed by atoms with Gasteiger partial charge in [-0.1, -0.05) is 18.2 Å². The molecular formula is C10H10N2O2. The number of ether oxygens (including phenoxy) is 1. The Balaban J connectivity index is 2.17. The second kappa shape index (κ2) is 3.49. The third-order valence-electron chi connectivity index (χ3n) is 1.87. The maximum atomic E-state index is 11.1. The normalized spacial score (nSPS) is 23.4. The van der Waals surface area contributed by atoms with Crippen LogP contribution < -0.4 is 5.32 Å². The maximum absolute atomic E-state index is 11.1. The molecule has 1 aromatic carbocycles. The van der Waals surface area contributed by atoms with Gasteiger partial charge in [-0.05, 0) is 19.1 Å². The van der Waals surface area contributed by atoms with Crippen molar-refractivity contribution in [1.82, 2.24) is 5.32 Å². The van der Waals surface area contributed by atoms with Crippen LogP contribution in [0, 0.1) is 0 Å². The predicted octanol–water partition coefficient (Wildman–Crippen LogP) is 1.21. The van der Waals surface area contributed by atoms with Crippen LogP contribution in [0.15, 0.2) is 35.3 Å². The van der Waals surface area contributed by atoms with E-state index in [0.717, 1.165) is 5.69 Å². The van der Waals surface area contributed by atoms with Crippen LogP contribution in [0.4, 0.5) is 5.69 Å². The number of nitrogens with zero attached hydrogens (tertiary/aromatic N) is 1. The quantitative estimate of drug-likeness (QED) is 0.723. The molecule has 0 radical (unpaired) electrons. The highest BCUT2D eigenvalue weighted by atomic mass is 16.5. The zero-order valence-corrected chi connectivity index (χ0v) is 7.73. The second-order valence-electron chi connectivity index (χ2n) is 3.00. The number of benzene rings is 1. The highest BCUT2D eigenvalue weighted by molar-refractivity contribution is 6.02. The van der Waals surface area contributed by atoms with Crippen molar-refractivity contribution >= 4 is 17.6 Å². The highest BCUT2D eigenvalue weighted by Crippen LogP contribution is 2.12. The summed E-state index contributed by atoms with van der Waals surface area (Å²) in [6, 6.07) is 9.60. The molecule has 1 unspecified atom stereocenters. The number of aliphatic imine (C=N–C) groups is 1. The van der Waals surface area contributed by atoms with E-state index in [2.05, 4.69) is 10.3 Å². The average molecular weight is 190 g/mol. The van der Waals surface area contributed by atoms with Crippen LogP contribution in [-0.2, 0) is 9.53 Å². The Kier molecular flexibility index (Phi) is 2.18. The van der Waals surface area contributed by atoms with Crippen molar-refractivity contribution in [2.75, 3.05) is 0 Å². The first-order valence-electron chi connectivity index (χ1n) is 4.37. The monoisotopic (exact) mass is 190 g/mol. The molecule has 1 fully saturated rings. The molecule has 14 heavy (non-hydrogen) atoms. The summed E-state index contributed by atoms with van der Waals surface area (Å²) in [6.45, 7) is 1.68. The summed E-state index contributed by atoms with van der Waals surface area (Å²) in [4.78, 5) is 15.2. The molecule has 0 aliphatic carbocycles. The van der Waals surface area contributed by atoms with Crippen LogP contribution in [0.1, 0.15) is 6.92 Å². The first-order chi connectivity index (χ1) is 6.75. The number of carbonyl (C=O) groups is 1. The van der Waals surface area contributed by atoms with Gasteiger partial charge in [0.05, 0.1) is 5.69 Å². The lowest BCUT2D eigenvalue weighted by Gasteiger charge is -1.98. The SMILES string of the molecule is CC1OC(=Nc2ccccc2)NC1=O. The molecule has 0 spiro atoms. The zero-order chi connectivity index (χ0) is 9.97. The Labute approximate surface area is 81.6 Å². The Hall–Kier alpha value is -1.84. The number of amides is 1. The van der Waals surface area contributed by atoms with Gasteiger partial charge in [-0.3, -0.25) is 10.1 Å². The summed E-state index contributed by atoms with van der Waals surface area (Å²) in [7, 11) is 0. The zero-order valence-electron chi connectivity index (χ0n) is 7.73. The van der Waals surface area contributed by atoms with E-state index in [4.69, 9.17) is 4.74 Å². The number of carbonyl (C=O) groups excluding carboxylic acids is 1. The van der Waals surface area contributed by atoms with E-state index in [-0.39, 0.29) is 11.9 Å². The summed E-state index contributed by atoms with van der Waals surface area (Å²) >= 11 is 0. The van der Waals surface area contributed by atoms with E-state index >= 15 is 0 Å². The summed E-state index contributed by atoms with van der Waals surface area (Å²) < 4.78 is 5.17. The molecule has 1 amide bonds. The lowest BCUT2D eigenvalue weighted by Crippen LogP contribution is -2.23. The van der Waals surface area contributed by atoms with Gasteiger partial charge in [-0.15, -0.1) is 0 Å². The van der Waals surface area contributed by atoms with E-state index < -0.39 is 6.10 Å². The molecule has 1 atom stereocenters. The number of hydrogen-bond acceptors (Lipinski definition) is 3. The van der Waals surface area contributed by atoms with Crippen LogP contribution in [0.25, 0.3) is 0 Å². The molecule has 2 rings (SSSR count). The van der Waals surface area contributed by atoms with Crippen LogP contribution in [-0.4, -0.2) is 18.0 Å². The molecule has 1 N–H and O–H groups in total. The number of hydrogen-bond donors (Lipinski definition) is 1. The molecule has 0 aromatic heterocycles. The van der Waals surface area contributed by atoms with Gasteiger partial charge in [0.15, 0.2) is 6.10 Å². The fraction of sp³-hybridized carbons (Fsp3) is 0.200. The first kappa shape index (κ1) is 8.74. The summed E-state index contributed by atoms with van der Waals surface area (Å²) in [5.41, 5.74) is 0.761. The number of amidine groups is 1. The van der Waals surface area contributed by atoms with Gasteiger partial charge in [0.2, 0.25) is 0 Å². The third-order valence-corrected chi connectivity index (χ3v) is 1.87. The van der Waals surface area contributed by atoms with Crippen LogP contribution in [0.3, 0.4) is 0 Å². The van der Waals surface area contributed by atoms with Crippen molar-refractivity contribution in [2.45, 2.75) is 13.0 Å². The van der Waals surface area contributed by atoms with Gasteiger partial charge in [0, 0.05) is 0 Å². The first-order valence-corrected chi connectivity index (χ1v) is 4.37. The predicted molar refractivity (Wildman–Crippen MR) is 52.2 cm³/mol. The Morgan fingerprint density at radius 1 is 1.36 bits per heavy atom. The van der Waals surface area contributed by atoms with Gasteiger partial charge in [-0.25, -0.2) is 0 Å². The Bertz CT molecular complexity index is 373. The number of rotatable bonds is 1. The average Bonchev–Trinajstić information content (AvgIpc) is 2.47. The highest BCUT2D eigenvalue weighted by Gasteiger charge is 2.26. The number of nitrogens with one attached hydrogen (secondary N) is 1. The fourth-order valence-electron chi connectivity index (χ4n) is 1.13. The molecule has 4 heteroatoms. The van der Waals surface area contributed by atoms with Gasteiger partial charge in [-0.2, -0.15) is 4.99 Å². The van der Waals surface area contributed by atoms with Crippen molar-refractivity contribution in [3.8, 4) is 0 Å². The van der Waals surface area contributed by atoms with E-state index in [1.165, 1.54) is 0 Å². The number of para-hydroxylation sites is 1. The van der Waals surface area contributed by atoms with Crippen LogP contribution >= 0.6 is 0 Å². The van der Waals surface area contributed by atoms with E-state index in [1.54, 1.807) is 6.92 Å². The topological polar surface area (TPSA) is 50.7 Å². The molecule has 0 bridgehead atoms. The minimum Gasteiger partial charge on any atom is -0.452 e. The van der Waals surface area contributed by atoms with Gasteiger partial charge in [0.25, 0.3) is 11.9 Å². The lowest BCUT2D eigenvalue weighted by atomic mass is 10.3. The second-order valence-corrected chi connectivity index (χ2v) is 3.00. The Morgan fingerprint density at radius 3 is 2.64 bits per heavy atom. The summed E-state index contributed by atoms with van der Waals surface area (Å²) in [5, 5.41) is 2.54. The molecule has 1 heterocycles. The van der Waals surface area contributed by atoms with Gasteiger partial charge in [0.1, 0.15) is 0 Å². The smallest absolute Gasteiger partial charge is 0.297 e. The van der Waals surface area contributed by atoms with Crippen molar-refractivity contribution < 1.29 is 9.53 Å². The maximum Gasteiger partial charge on any atom is 0.297 e. The fourth-order valence-corrected chi connectivity index (χ4v) is 1.13. The molecule has 1 aromatic rings. The standard InChI is InChI=1S/C10H10N2O2/c1-7-9(13)12-10(14-7)11-8-5-3-2-4-6-8/h2-7H,1H3,(H,11,12,13). The summed E-state index contributed by atoms with van der Waals surface area (Å²) in [6.07, 6.45) is -0.447. The van der Waals surface area contributed by atoms with E-state index in [0.29, 0.717) is 0 Å². The lowest BCUT2D eigenvalue weighted by molar-refractivity contribution is -0.122. The minimum absolute atomic E-state index is 0.153. The van der Waals surface area contributed by atoms with Crippen LogP contribution in [0.5, 0.6) is 0 Å². The largest absolute Gasteiger partial charge is 0.452 e.